The number of nitrogens with two attached hydrogens (primary N) is 1. The molecular formula is C14H16FN3O2. The molecule has 1 atom stereocenters. The Hall–Kier alpha value is -2.11. The standard InChI is InChI=1S/C14H16FN3O2/c15-10-3-4-11(16)9(6-10)7-17-8-13(19)18-5-1-2-12(18)14(17)20/h3-4,6,12H,1-2,5,7-8,16H2. The van der Waals surface area contributed by atoms with Gasteiger partial charge >= 0.3 is 0 Å². The first-order chi connectivity index (χ1) is 9.56. The molecule has 2 fully saturated rings. The fourth-order valence-corrected chi connectivity index (χ4v) is 2.92. The third kappa shape index (κ3) is 2.11. The van der Waals surface area contributed by atoms with Crippen LogP contribution in [0.5, 0.6) is 0 Å². The van der Waals surface area contributed by atoms with Gasteiger partial charge in [0.05, 0.1) is 0 Å². The first-order valence-corrected chi connectivity index (χ1v) is 6.68. The van der Waals surface area contributed by atoms with Gasteiger partial charge in [0.1, 0.15) is 18.4 Å². The molecule has 20 heavy (non-hydrogen) atoms. The number of fused-ring (bicyclic) bond motifs is 1. The summed E-state index contributed by atoms with van der Waals surface area (Å²) in [5, 5.41) is 0. The predicted molar refractivity (Wildman–Crippen MR) is 71.0 cm³/mol. The van der Waals surface area contributed by atoms with E-state index in [2.05, 4.69) is 0 Å². The maximum atomic E-state index is 13.3. The first kappa shape index (κ1) is 12.9. The molecule has 106 valence electrons. The lowest BCUT2D eigenvalue weighted by atomic mass is 10.1. The third-order valence-electron chi connectivity index (χ3n) is 3.96. The van der Waals surface area contributed by atoms with E-state index in [1.54, 1.807) is 4.90 Å². The summed E-state index contributed by atoms with van der Waals surface area (Å²) in [5.41, 5.74) is 6.76. The van der Waals surface area contributed by atoms with Crippen LogP contribution in [0.2, 0.25) is 0 Å². The van der Waals surface area contributed by atoms with Gasteiger partial charge in [-0.2, -0.15) is 0 Å². The molecule has 3 rings (SSSR count). The summed E-state index contributed by atoms with van der Waals surface area (Å²) in [6, 6.07) is 3.73. The summed E-state index contributed by atoms with van der Waals surface area (Å²) in [7, 11) is 0. The predicted octanol–water partition coefficient (Wildman–Crippen LogP) is 0.741. The number of benzene rings is 1. The normalized spacial score (nSPS) is 22.4. The lowest BCUT2D eigenvalue weighted by Crippen LogP contribution is -2.56. The molecule has 2 aliphatic heterocycles. The molecule has 2 N–H and O–H groups in total. The van der Waals surface area contributed by atoms with Gasteiger partial charge in [0.15, 0.2) is 0 Å². The van der Waals surface area contributed by atoms with Crippen LogP contribution in [0.15, 0.2) is 18.2 Å². The molecule has 2 aliphatic rings. The highest BCUT2D eigenvalue weighted by Crippen LogP contribution is 2.25. The molecule has 2 heterocycles. The minimum absolute atomic E-state index is 0.0397. The maximum absolute atomic E-state index is 13.3. The van der Waals surface area contributed by atoms with Gasteiger partial charge in [-0.1, -0.05) is 0 Å². The minimum atomic E-state index is -0.396. The summed E-state index contributed by atoms with van der Waals surface area (Å²) >= 11 is 0. The molecule has 1 unspecified atom stereocenters. The molecule has 0 radical (unpaired) electrons. The topological polar surface area (TPSA) is 66.6 Å². The lowest BCUT2D eigenvalue weighted by Gasteiger charge is -2.36. The summed E-state index contributed by atoms with van der Waals surface area (Å²) in [5.74, 6) is -0.500. The van der Waals surface area contributed by atoms with E-state index in [1.165, 1.54) is 23.1 Å². The number of carbonyl (C=O) groups is 2. The third-order valence-corrected chi connectivity index (χ3v) is 3.96. The van der Waals surface area contributed by atoms with Crippen molar-refractivity contribution in [2.75, 3.05) is 18.8 Å². The van der Waals surface area contributed by atoms with Crippen molar-refractivity contribution in [1.29, 1.82) is 0 Å². The number of hydrogen-bond donors (Lipinski definition) is 1. The average Bonchev–Trinajstić information content (AvgIpc) is 2.90. The smallest absolute Gasteiger partial charge is 0.246 e. The Bertz CT molecular complexity index is 576. The van der Waals surface area contributed by atoms with Crippen molar-refractivity contribution in [3.8, 4) is 0 Å². The molecule has 1 aromatic carbocycles. The van der Waals surface area contributed by atoms with Crippen molar-refractivity contribution >= 4 is 17.5 Å². The quantitative estimate of drug-likeness (QED) is 0.811. The molecule has 0 bridgehead atoms. The van der Waals surface area contributed by atoms with Crippen molar-refractivity contribution in [2.24, 2.45) is 0 Å². The van der Waals surface area contributed by atoms with E-state index in [1.807, 2.05) is 0 Å². The number of piperazine rings is 1. The van der Waals surface area contributed by atoms with E-state index in [-0.39, 0.29) is 30.9 Å². The number of anilines is 1. The van der Waals surface area contributed by atoms with Crippen LogP contribution in [0, 0.1) is 5.82 Å². The van der Waals surface area contributed by atoms with Crippen molar-refractivity contribution in [1.82, 2.24) is 9.80 Å². The molecule has 6 heteroatoms. The van der Waals surface area contributed by atoms with Crippen LogP contribution in [0.4, 0.5) is 10.1 Å². The fraction of sp³-hybridized carbons (Fsp3) is 0.429. The van der Waals surface area contributed by atoms with Crippen molar-refractivity contribution in [3.63, 3.8) is 0 Å². The average molecular weight is 277 g/mol. The van der Waals surface area contributed by atoms with Gasteiger partial charge in [0.25, 0.3) is 0 Å². The summed E-state index contributed by atoms with van der Waals surface area (Å²) in [6.45, 7) is 0.884. The maximum Gasteiger partial charge on any atom is 0.246 e. The van der Waals surface area contributed by atoms with Crippen LogP contribution in [0.3, 0.4) is 0 Å². The molecule has 0 spiro atoms. The summed E-state index contributed by atoms with van der Waals surface area (Å²) < 4.78 is 13.3. The highest BCUT2D eigenvalue weighted by molar-refractivity contribution is 5.95. The molecule has 1 aromatic rings. The highest BCUT2D eigenvalue weighted by atomic mass is 19.1. The Kier molecular flexibility index (Phi) is 3.08. The Balaban J connectivity index is 1.82. The number of nitrogen functional groups attached to an aromatic ring is 1. The van der Waals surface area contributed by atoms with Crippen LogP contribution < -0.4 is 5.73 Å². The van der Waals surface area contributed by atoms with Gasteiger partial charge in [-0.05, 0) is 36.6 Å². The molecule has 5 nitrogen and oxygen atoms in total. The SMILES string of the molecule is Nc1ccc(F)cc1CN1CC(=O)N2CCCC2C1=O. The van der Waals surface area contributed by atoms with E-state index >= 15 is 0 Å². The fourth-order valence-electron chi connectivity index (χ4n) is 2.92. The first-order valence-electron chi connectivity index (χ1n) is 6.68. The number of carbonyl (C=O) groups excluding carboxylic acids is 2. The minimum Gasteiger partial charge on any atom is -0.398 e. The van der Waals surface area contributed by atoms with Crippen LogP contribution in [-0.4, -0.2) is 40.7 Å². The Morgan fingerprint density at radius 1 is 1.35 bits per heavy atom. The second-order valence-corrected chi connectivity index (χ2v) is 5.28. The van der Waals surface area contributed by atoms with Crippen molar-refractivity contribution < 1.29 is 14.0 Å². The summed E-state index contributed by atoms with van der Waals surface area (Å²) in [6.07, 6.45) is 1.57. The van der Waals surface area contributed by atoms with Gasteiger partial charge in [-0.3, -0.25) is 9.59 Å². The molecule has 0 saturated carbocycles. The Labute approximate surface area is 116 Å². The zero-order valence-electron chi connectivity index (χ0n) is 11.0. The molecule has 0 aliphatic carbocycles. The van der Waals surface area contributed by atoms with Crippen LogP contribution in [-0.2, 0) is 16.1 Å². The van der Waals surface area contributed by atoms with Crippen LogP contribution in [0.25, 0.3) is 0 Å². The second-order valence-electron chi connectivity index (χ2n) is 5.28. The molecular weight excluding hydrogens is 261 g/mol. The number of rotatable bonds is 2. The number of nitrogens with zero attached hydrogens (tertiary/aromatic N) is 2. The number of halogens is 1. The van der Waals surface area contributed by atoms with E-state index in [9.17, 15) is 14.0 Å². The molecule has 2 amide bonds. The van der Waals surface area contributed by atoms with Gasteiger partial charge in [0, 0.05) is 18.8 Å². The van der Waals surface area contributed by atoms with Crippen molar-refractivity contribution in [3.05, 3.63) is 29.6 Å². The van der Waals surface area contributed by atoms with Crippen LogP contribution in [0.1, 0.15) is 18.4 Å². The largest absolute Gasteiger partial charge is 0.398 e. The van der Waals surface area contributed by atoms with E-state index in [4.69, 9.17) is 5.73 Å². The zero-order valence-corrected chi connectivity index (χ0v) is 11.0. The van der Waals surface area contributed by atoms with Gasteiger partial charge < -0.3 is 15.5 Å². The zero-order chi connectivity index (χ0) is 14.3. The van der Waals surface area contributed by atoms with Crippen molar-refractivity contribution in [2.45, 2.75) is 25.4 Å². The number of amides is 2. The lowest BCUT2D eigenvalue weighted by molar-refractivity contribution is -0.154. The monoisotopic (exact) mass is 277 g/mol. The van der Waals surface area contributed by atoms with Crippen LogP contribution >= 0.6 is 0 Å². The van der Waals surface area contributed by atoms with E-state index in [0.717, 1.165) is 6.42 Å². The number of hydrogen-bond acceptors (Lipinski definition) is 3. The van der Waals surface area contributed by atoms with E-state index in [0.29, 0.717) is 24.2 Å². The van der Waals surface area contributed by atoms with Gasteiger partial charge in [-0.15, -0.1) is 0 Å². The second kappa shape index (κ2) is 4.77. The van der Waals surface area contributed by atoms with E-state index < -0.39 is 5.82 Å². The van der Waals surface area contributed by atoms with Gasteiger partial charge in [0.2, 0.25) is 11.8 Å². The molecule has 0 aromatic heterocycles. The van der Waals surface area contributed by atoms with Gasteiger partial charge in [-0.25, -0.2) is 4.39 Å². The highest BCUT2D eigenvalue weighted by Gasteiger charge is 2.41. The Morgan fingerprint density at radius 2 is 2.15 bits per heavy atom. The summed E-state index contributed by atoms with van der Waals surface area (Å²) in [4.78, 5) is 27.5. The Morgan fingerprint density at radius 3 is 2.95 bits per heavy atom. The molecule has 2 saturated heterocycles.